The minimum absolute atomic E-state index is 1.02. The third-order valence-corrected chi connectivity index (χ3v) is 8.89. The highest BCUT2D eigenvalue weighted by atomic mass is 15.0. The topological polar surface area (TPSA) is 22.8 Å². The van der Waals surface area contributed by atoms with Crippen LogP contribution >= 0.6 is 0 Å². The summed E-state index contributed by atoms with van der Waals surface area (Å²) in [6, 6.07) is 35.0. The van der Waals surface area contributed by atoms with Crippen LogP contribution in [-0.2, 0) is 6.42 Å². The summed E-state index contributed by atoms with van der Waals surface area (Å²) in [6.07, 6.45) is 16.9. The van der Waals surface area contributed by atoms with Crippen LogP contribution in [0.4, 0.5) is 0 Å². The molecule has 0 atom stereocenters. The summed E-state index contributed by atoms with van der Waals surface area (Å²) in [4.78, 5) is 4.84. The molecule has 0 fully saturated rings. The molecule has 0 bridgehead atoms. The number of fused-ring (bicyclic) bond motifs is 6. The van der Waals surface area contributed by atoms with Gasteiger partial charge < -0.3 is 9.13 Å². The minimum atomic E-state index is 1.02. The molecule has 9 rings (SSSR count). The van der Waals surface area contributed by atoms with Gasteiger partial charge in [0.2, 0.25) is 0 Å². The molecule has 202 valence electrons. The van der Waals surface area contributed by atoms with Crippen LogP contribution in [0.3, 0.4) is 0 Å². The zero-order chi connectivity index (χ0) is 28.3. The molecule has 0 amide bonds. The van der Waals surface area contributed by atoms with Crippen molar-refractivity contribution in [2.45, 2.75) is 12.8 Å². The van der Waals surface area contributed by atoms with E-state index in [1.807, 2.05) is 18.3 Å². The Morgan fingerprint density at radius 3 is 2.30 bits per heavy atom. The molecule has 0 unspecified atom stereocenters. The molecule has 2 aliphatic carbocycles. The largest absolute Gasteiger partial charge is 0.310 e. The van der Waals surface area contributed by atoms with E-state index in [-0.39, 0.29) is 0 Å². The Balaban J connectivity index is 1.32. The lowest BCUT2D eigenvalue weighted by molar-refractivity contribution is 0.967. The van der Waals surface area contributed by atoms with E-state index in [2.05, 4.69) is 136 Å². The van der Waals surface area contributed by atoms with E-state index in [0.717, 1.165) is 29.6 Å². The van der Waals surface area contributed by atoms with Crippen molar-refractivity contribution in [3.05, 3.63) is 156 Å². The third kappa shape index (κ3) is 3.59. The zero-order valence-electron chi connectivity index (χ0n) is 23.5. The SMILES string of the molecule is C1=CC=CC=1c1ccc(-n2c3c(c4c(-c5cncc6c5c5ccccc5n6-c5ccccc5)cccc42)CCC=C3)cc1. The zero-order valence-corrected chi connectivity index (χ0v) is 23.5. The minimum Gasteiger partial charge on any atom is -0.310 e. The second kappa shape index (κ2) is 9.46. The van der Waals surface area contributed by atoms with Crippen LogP contribution in [0.15, 0.2) is 139 Å². The summed E-state index contributed by atoms with van der Waals surface area (Å²) in [5.41, 5.74) is 16.6. The van der Waals surface area contributed by atoms with Gasteiger partial charge in [0.15, 0.2) is 0 Å². The van der Waals surface area contributed by atoms with Crippen molar-refractivity contribution in [1.82, 2.24) is 14.1 Å². The standard InChI is InChI=1S/C40H27N3/c1-2-13-29(14-3-1)43-36-19-9-7-16-33(36)40-34(25-41-26-38(40)43)31-17-10-20-37-39(31)32-15-6-8-18-35(32)42(37)30-23-21-28(22-24-30)27-11-4-5-12-27/h1-5,7-11,13-14,16-26H,6,15H2. The Kier molecular flexibility index (Phi) is 5.28. The highest BCUT2D eigenvalue weighted by Gasteiger charge is 2.24. The molecule has 3 heterocycles. The van der Waals surface area contributed by atoms with Crippen LogP contribution in [0.1, 0.15) is 23.2 Å². The molecule has 4 aromatic carbocycles. The number of rotatable bonds is 4. The average molecular weight is 550 g/mol. The van der Waals surface area contributed by atoms with Crippen LogP contribution in [0.25, 0.3) is 66.9 Å². The van der Waals surface area contributed by atoms with Gasteiger partial charge in [-0.15, -0.1) is 5.73 Å². The molecule has 3 nitrogen and oxygen atoms in total. The molecule has 7 aromatic rings. The van der Waals surface area contributed by atoms with Gasteiger partial charge in [-0.2, -0.15) is 0 Å². The van der Waals surface area contributed by atoms with Crippen LogP contribution < -0.4 is 0 Å². The molecular weight excluding hydrogens is 522 g/mol. The third-order valence-electron chi connectivity index (χ3n) is 8.89. The maximum atomic E-state index is 4.84. The van der Waals surface area contributed by atoms with E-state index in [1.54, 1.807) is 0 Å². The molecule has 43 heavy (non-hydrogen) atoms. The monoisotopic (exact) mass is 549 g/mol. The number of aromatic nitrogens is 3. The fourth-order valence-corrected chi connectivity index (χ4v) is 7.06. The average Bonchev–Trinajstić information content (AvgIpc) is 3.81. The smallest absolute Gasteiger partial charge is 0.0730 e. The number of hydrogen-bond donors (Lipinski definition) is 0. The molecule has 0 aliphatic heterocycles. The van der Waals surface area contributed by atoms with Crippen LogP contribution in [0.2, 0.25) is 0 Å². The Morgan fingerprint density at radius 2 is 1.44 bits per heavy atom. The lowest BCUT2D eigenvalue weighted by Gasteiger charge is -2.12. The number of benzene rings is 4. The van der Waals surface area contributed by atoms with E-state index in [4.69, 9.17) is 4.98 Å². The van der Waals surface area contributed by atoms with Gasteiger partial charge in [0.25, 0.3) is 0 Å². The number of nitrogens with zero attached hydrogens (tertiary/aromatic N) is 3. The molecule has 3 aromatic heterocycles. The van der Waals surface area contributed by atoms with E-state index >= 15 is 0 Å². The number of allylic oxidation sites excluding steroid dienone is 4. The van der Waals surface area contributed by atoms with Gasteiger partial charge in [-0.05, 0) is 84.2 Å². The molecule has 0 saturated heterocycles. The first-order valence-corrected chi connectivity index (χ1v) is 14.9. The van der Waals surface area contributed by atoms with Crippen molar-refractivity contribution in [2.24, 2.45) is 0 Å². The van der Waals surface area contributed by atoms with Crippen molar-refractivity contribution in [3.63, 3.8) is 0 Å². The maximum absolute atomic E-state index is 4.84. The molecular formula is C40H27N3. The predicted octanol–water partition coefficient (Wildman–Crippen LogP) is 9.86. The Hall–Kier alpha value is -5.63. The summed E-state index contributed by atoms with van der Waals surface area (Å²) < 4.78 is 4.78. The normalized spacial score (nSPS) is 13.8. The molecule has 0 radical (unpaired) electrons. The fourth-order valence-electron chi connectivity index (χ4n) is 7.06. The number of aryl methyl sites for hydroxylation is 1. The van der Waals surface area contributed by atoms with Gasteiger partial charge in [0.05, 0.1) is 22.7 Å². The second-order valence-corrected chi connectivity index (χ2v) is 11.2. The van der Waals surface area contributed by atoms with Crippen LogP contribution in [0.5, 0.6) is 0 Å². The summed E-state index contributed by atoms with van der Waals surface area (Å²) in [5.74, 6) is 0. The molecule has 2 aliphatic rings. The predicted molar refractivity (Wildman–Crippen MR) is 179 cm³/mol. The molecule has 0 N–H and O–H groups in total. The Labute approximate surface area is 249 Å². The highest BCUT2D eigenvalue weighted by Crippen LogP contribution is 2.44. The van der Waals surface area contributed by atoms with E-state index < -0.39 is 0 Å². The molecule has 0 spiro atoms. The first-order chi connectivity index (χ1) is 21.4. The van der Waals surface area contributed by atoms with Crippen molar-refractivity contribution >= 4 is 44.4 Å². The van der Waals surface area contributed by atoms with E-state index in [0.29, 0.717) is 0 Å². The Bertz CT molecular complexity index is 2350. The van der Waals surface area contributed by atoms with Crippen LogP contribution in [0, 0.1) is 0 Å². The van der Waals surface area contributed by atoms with Crippen molar-refractivity contribution in [3.8, 4) is 22.5 Å². The van der Waals surface area contributed by atoms with Crippen LogP contribution in [-0.4, -0.2) is 14.1 Å². The van der Waals surface area contributed by atoms with Gasteiger partial charge in [-0.3, -0.25) is 4.98 Å². The summed E-state index contributed by atoms with van der Waals surface area (Å²) in [7, 11) is 0. The quantitative estimate of drug-likeness (QED) is 0.200. The van der Waals surface area contributed by atoms with E-state index in [1.165, 1.54) is 60.8 Å². The first-order valence-electron chi connectivity index (χ1n) is 14.9. The maximum Gasteiger partial charge on any atom is 0.0730 e. The molecule has 3 heteroatoms. The number of para-hydroxylation sites is 2. The second-order valence-electron chi connectivity index (χ2n) is 11.2. The van der Waals surface area contributed by atoms with E-state index in [9.17, 15) is 0 Å². The summed E-state index contributed by atoms with van der Waals surface area (Å²) in [6.45, 7) is 0. The number of hydrogen-bond acceptors (Lipinski definition) is 1. The Morgan fingerprint density at radius 1 is 0.628 bits per heavy atom. The van der Waals surface area contributed by atoms with Crippen molar-refractivity contribution < 1.29 is 0 Å². The van der Waals surface area contributed by atoms with Gasteiger partial charge in [-0.25, -0.2) is 0 Å². The first kappa shape index (κ1) is 24.0. The van der Waals surface area contributed by atoms with Gasteiger partial charge >= 0.3 is 0 Å². The highest BCUT2D eigenvalue weighted by molar-refractivity contribution is 6.18. The van der Waals surface area contributed by atoms with Crippen molar-refractivity contribution in [2.75, 3.05) is 0 Å². The lowest BCUT2D eigenvalue weighted by atomic mass is 9.93. The fraction of sp³-hybridized carbons (Fsp3) is 0.0500. The van der Waals surface area contributed by atoms with Crippen molar-refractivity contribution in [1.29, 1.82) is 0 Å². The molecule has 0 saturated carbocycles. The summed E-state index contributed by atoms with van der Waals surface area (Å²) >= 11 is 0. The number of pyridine rings is 1. The van der Waals surface area contributed by atoms with Gasteiger partial charge in [0.1, 0.15) is 0 Å². The van der Waals surface area contributed by atoms with Gasteiger partial charge in [0, 0.05) is 50.6 Å². The summed E-state index contributed by atoms with van der Waals surface area (Å²) in [5, 5.41) is 3.80. The lowest BCUT2D eigenvalue weighted by Crippen LogP contribution is -2.00. The van der Waals surface area contributed by atoms with Gasteiger partial charge in [-0.1, -0.05) is 72.8 Å².